The van der Waals surface area contributed by atoms with Gasteiger partial charge in [0.25, 0.3) is 0 Å². The molecule has 124 valence electrons. The van der Waals surface area contributed by atoms with E-state index in [1.165, 1.54) is 6.08 Å². The number of carbonyl (C=O) groups excluding carboxylic acids is 2. The summed E-state index contributed by atoms with van der Waals surface area (Å²) in [5, 5.41) is 1.09. The van der Waals surface area contributed by atoms with Crippen molar-refractivity contribution < 1.29 is 14.3 Å². The van der Waals surface area contributed by atoms with E-state index in [1.807, 2.05) is 12.1 Å². The van der Waals surface area contributed by atoms with Crippen molar-refractivity contribution in [1.82, 2.24) is 0 Å². The molecule has 1 aromatic carbocycles. The number of rotatable bonds is 6. The molecule has 1 aliphatic carbocycles. The third-order valence-corrected chi connectivity index (χ3v) is 5.29. The second kappa shape index (κ2) is 8.76. The van der Waals surface area contributed by atoms with Crippen LogP contribution in [0.3, 0.4) is 0 Å². The van der Waals surface area contributed by atoms with Crippen molar-refractivity contribution in [3.05, 3.63) is 40.1 Å². The summed E-state index contributed by atoms with van der Waals surface area (Å²) in [6.45, 7) is 1.74. The normalized spacial score (nSPS) is 17.8. The molecule has 1 unspecified atom stereocenters. The Balaban J connectivity index is 1.83. The smallest absolute Gasteiger partial charge is 0.310 e. The summed E-state index contributed by atoms with van der Waals surface area (Å²) in [7, 11) is 0. The van der Waals surface area contributed by atoms with E-state index in [9.17, 15) is 9.59 Å². The Hall–Kier alpha value is -0.970. The highest BCUT2D eigenvalue weighted by Crippen LogP contribution is 2.31. The van der Waals surface area contributed by atoms with Gasteiger partial charge in [-0.25, -0.2) is 0 Å². The van der Waals surface area contributed by atoms with E-state index in [0.717, 1.165) is 17.1 Å². The zero-order valence-corrected chi connectivity index (χ0v) is 15.1. The van der Waals surface area contributed by atoms with Crippen molar-refractivity contribution in [3.8, 4) is 0 Å². The maximum absolute atomic E-state index is 11.8. The SMILES string of the molecule is CCC(=O)OC1=CC(=O)CC(CCSc2ccc(Cl)c(Cl)c2)C1. The van der Waals surface area contributed by atoms with E-state index in [4.69, 9.17) is 27.9 Å². The van der Waals surface area contributed by atoms with Crippen LogP contribution in [-0.2, 0) is 14.3 Å². The third-order valence-electron chi connectivity index (χ3n) is 3.52. The topological polar surface area (TPSA) is 43.4 Å². The lowest BCUT2D eigenvalue weighted by Crippen LogP contribution is -2.17. The van der Waals surface area contributed by atoms with Crippen molar-refractivity contribution in [2.45, 2.75) is 37.5 Å². The predicted octanol–water partition coefficient (Wildman–Crippen LogP) is 5.29. The minimum atomic E-state index is -0.296. The average Bonchev–Trinajstić information content (AvgIpc) is 2.50. The molecule has 1 aromatic rings. The second-order valence-electron chi connectivity index (χ2n) is 5.39. The van der Waals surface area contributed by atoms with E-state index < -0.39 is 0 Å². The van der Waals surface area contributed by atoms with Gasteiger partial charge in [-0.1, -0.05) is 30.1 Å². The minimum Gasteiger partial charge on any atom is -0.431 e. The summed E-state index contributed by atoms with van der Waals surface area (Å²) in [6.07, 6.45) is 3.78. The Morgan fingerprint density at radius 3 is 2.78 bits per heavy atom. The van der Waals surface area contributed by atoms with Crippen molar-refractivity contribution in [2.24, 2.45) is 5.92 Å². The molecule has 0 aliphatic heterocycles. The van der Waals surface area contributed by atoms with Crippen molar-refractivity contribution >= 4 is 46.7 Å². The van der Waals surface area contributed by atoms with Gasteiger partial charge in [-0.2, -0.15) is 0 Å². The van der Waals surface area contributed by atoms with Gasteiger partial charge in [-0.15, -0.1) is 11.8 Å². The molecule has 0 aromatic heterocycles. The predicted molar refractivity (Wildman–Crippen MR) is 94.0 cm³/mol. The van der Waals surface area contributed by atoms with Gasteiger partial charge in [-0.3, -0.25) is 9.59 Å². The van der Waals surface area contributed by atoms with Crippen LogP contribution >= 0.6 is 35.0 Å². The highest BCUT2D eigenvalue weighted by atomic mass is 35.5. The lowest BCUT2D eigenvalue weighted by Gasteiger charge is -2.21. The molecule has 0 saturated carbocycles. The van der Waals surface area contributed by atoms with E-state index in [2.05, 4.69) is 0 Å². The molecule has 1 atom stereocenters. The summed E-state index contributed by atoms with van der Waals surface area (Å²) in [6, 6.07) is 5.55. The maximum Gasteiger partial charge on any atom is 0.310 e. The van der Waals surface area contributed by atoms with Gasteiger partial charge in [-0.05, 0) is 36.3 Å². The third kappa shape index (κ3) is 5.87. The number of carbonyl (C=O) groups is 2. The van der Waals surface area contributed by atoms with Crippen LogP contribution in [-0.4, -0.2) is 17.5 Å². The molecule has 3 nitrogen and oxygen atoms in total. The van der Waals surface area contributed by atoms with Crippen molar-refractivity contribution in [2.75, 3.05) is 5.75 Å². The highest BCUT2D eigenvalue weighted by molar-refractivity contribution is 7.99. The van der Waals surface area contributed by atoms with Crippen LogP contribution in [0.4, 0.5) is 0 Å². The standard InChI is InChI=1S/C17H18Cl2O3S/c1-2-17(21)22-13-8-11(7-12(20)9-13)5-6-23-14-3-4-15(18)16(19)10-14/h3-4,9-11H,2,5-8H2,1H3. The molecule has 0 N–H and O–H groups in total. The molecule has 0 spiro atoms. The first-order valence-electron chi connectivity index (χ1n) is 7.50. The Kier molecular flexibility index (Phi) is 7.00. The lowest BCUT2D eigenvalue weighted by atomic mass is 9.90. The fourth-order valence-electron chi connectivity index (χ4n) is 2.34. The van der Waals surface area contributed by atoms with Gasteiger partial charge in [0, 0.05) is 30.2 Å². The van der Waals surface area contributed by atoms with Gasteiger partial charge < -0.3 is 4.74 Å². The first-order valence-corrected chi connectivity index (χ1v) is 9.24. The summed E-state index contributed by atoms with van der Waals surface area (Å²) in [4.78, 5) is 24.2. The zero-order valence-electron chi connectivity index (χ0n) is 12.8. The number of ketones is 1. The quantitative estimate of drug-likeness (QED) is 0.502. The van der Waals surface area contributed by atoms with Crippen LogP contribution in [0.5, 0.6) is 0 Å². The second-order valence-corrected chi connectivity index (χ2v) is 7.37. The van der Waals surface area contributed by atoms with Crippen LogP contribution in [0.2, 0.25) is 10.0 Å². The highest BCUT2D eigenvalue weighted by Gasteiger charge is 2.22. The Labute approximate surface area is 150 Å². The van der Waals surface area contributed by atoms with Crippen LogP contribution in [0.25, 0.3) is 0 Å². The van der Waals surface area contributed by atoms with Gasteiger partial charge in [0.1, 0.15) is 5.76 Å². The Bertz CT molecular complexity index is 628. The van der Waals surface area contributed by atoms with Crippen LogP contribution in [0.15, 0.2) is 34.9 Å². The molecule has 6 heteroatoms. The summed E-state index contributed by atoms with van der Waals surface area (Å²) in [5.41, 5.74) is 0. The van der Waals surface area contributed by atoms with E-state index >= 15 is 0 Å². The average molecular weight is 373 g/mol. The first-order chi connectivity index (χ1) is 11.0. The van der Waals surface area contributed by atoms with Gasteiger partial charge in [0.15, 0.2) is 5.78 Å². The largest absolute Gasteiger partial charge is 0.431 e. The summed E-state index contributed by atoms with van der Waals surface area (Å²) < 4.78 is 5.20. The van der Waals surface area contributed by atoms with Crippen LogP contribution in [0, 0.1) is 5.92 Å². The number of benzene rings is 1. The number of halogens is 2. The number of allylic oxidation sites excluding steroid dienone is 2. The molecule has 0 bridgehead atoms. The first kappa shape index (κ1) is 18.4. The van der Waals surface area contributed by atoms with Crippen molar-refractivity contribution in [3.63, 3.8) is 0 Å². The molecule has 0 fully saturated rings. The number of ether oxygens (including phenoxy) is 1. The summed E-state index contributed by atoms with van der Waals surface area (Å²) >= 11 is 13.6. The molecule has 0 radical (unpaired) electrons. The molecule has 2 rings (SSSR count). The van der Waals surface area contributed by atoms with Gasteiger partial charge in [0.2, 0.25) is 0 Å². The number of hydrogen-bond acceptors (Lipinski definition) is 4. The molecule has 0 heterocycles. The fraction of sp³-hybridized carbons (Fsp3) is 0.412. The molecule has 0 amide bonds. The van der Waals surface area contributed by atoms with Gasteiger partial charge in [0.05, 0.1) is 10.0 Å². The molecule has 1 aliphatic rings. The number of hydrogen-bond donors (Lipinski definition) is 0. The number of esters is 1. The van der Waals surface area contributed by atoms with Crippen LogP contribution < -0.4 is 0 Å². The number of thioether (sulfide) groups is 1. The molecular formula is C17H18Cl2O3S. The zero-order chi connectivity index (χ0) is 16.8. The molecule has 23 heavy (non-hydrogen) atoms. The van der Waals surface area contributed by atoms with E-state index in [-0.39, 0.29) is 17.7 Å². The van der Waals surface area contributed by atoms with E-state index in [1.54, 1.807) is 24.8 Å². The fourth-order valence-corrected chi connectivity index (χ4v) is 3.76. The summed E-state index contributed by atoms with van der Waals surface area (Å²) in [5.74, 6) is 1.31. The monoisotopic (exact) mass is 372 g/mol. The van der Waals surface area contributed by atoms with Gasteiger partial charge >= 0.3 is 5.97 Å². The lowest BCUT2D eigenvalue weighted by molar-refractivity contribution is -0.139. The minimum absolute atomic E-state index is 0.0275. The van der Waals surface area contributed by atoms with Crippen molar-refractivity contribution in [1.29, 1.82) is 0 Å². The molecule has 0 saturated heterocycles. The Morgan fingerprint density at radius 2 is 2.09 bits per heavy atom. The molecular weight excluding hydrogens is 355 g/mol. The van der Waals surface area contributed by atoms with Crippen LogP contribution in [0.1, 0.15) is 32.6 Å². The maximum atomic E-state index is 11.8. The van der Waals surface area contributed by atoms with E-state index in [0.29, 0.717) is 35.1 Å². The Morgan fingerprint density at radius 1 is 1.30 bits per heavy atom.